The Balaban J connectivity index is 0.000000253. The number of nitrogens with two attached hydrogens (primary N) is 3. The van der Waals surface area contributed by atoms with Crippen molar-refractivity contribution in [2.24, 2.45) is 0 Å². The van der Waals surface area contributed by atoms with Crippen LogP contribution >= 0.6 is 7.37 Å². The van der Waals surface area contributed by atoms with E-state index >= 15 is 0 Å². The zero-order valence-corrected chi connectivity index (χ0v) is 13.1. The Hall–Kier alpha value is -2.71. The van der Waals surface area contributed by atoms with Gasteiger partial charge < -0.3 is 27.2 Å². The highest BCUT2D eigenvalue weighted by molar-refractivity contribution is 7.67. The number of nitrogens with zero attached hydrogens (tertiary/aromatic N) is 3. The van der Waals surface area contributed by atoms with Crippen molar-refractivity contribution in [3.63, 3.8) is 0 Å². The third-order valence-corrected chi connectivity index (χ3v) is 5.00. The third kappa shape index (κ3) is 5.20. The third-order valence-electron chi connectivity index (χ3n) is 2.70. The van der Waals surface area contributed by atoms with Crippen LogP contribution in [0.3, 0.4) is 0 Å². The van der Waals surface area contributed by atoms with Gasteiger partial charge in [0, 0.05) is 5.30 Å². The minimum absolute atomic E-state index is 0.0417. The van der Waals surface area contributed by atoms with Crippen LogP contribution in [0.5, 0.6) is 0 Å². The van der Waals surface area contributed by atoms with Gasteiger partial charge in [0.1, 0.15) is 5.66 Å². The number of carboxylic acids is 1. The summed E-state index contributed by atoms with van der Waals surface area (Å²) in [6.07, 6.45) is 0. The lowest BCUT2D eigenvalue weighted by atomic mass is 10.4. The van der Waals surface area contributed by atoms with Crippen molar-refractivity contribution >= 4 is 36.5 Å². The van der Waals surface area contributed by atoms with Crippen molar-refractivity contribution in [1.29, 1.82) is 0 Å². The average molecular weight is 340 g/mol. The molecule has 2 unspecified atom stereocenters. The number of anilines is 3. The number of carboxylic acid groups (broad SMARTS) is 1. The van der Waals surface area contributed by atoms with E-state index in [1.807, 2.05) is 0 Å². The molecule has 1 aromatic carbocycles. The maximum atomic E-state index is 11.7. The van der Waals surface area contributed by atoms with Crippen molar-refractivity contribution in [2.45, 2.75) is 12.6 Å². The largest absolute Gasteiger partial charge is 0.481 e. The van der Waals surface area contributed by atoms with E-state index in [2.05, 4.69) is 15.0 Å². The van der Waals surface area contributed by atoms with Gasteiger partial charge in [-0.1, -0.05) is 18.2 Å². The molecule has 1 heterocycles. The lowest BCUT2D eigenvalue weighted by molar-refractivity contribution is -0.136. The van der Waals surface area contributed by atoms with E-state index in [0.717, 1.165) is 0 Å². The number of hydrogen-bond donors (Lipinski definition) is 5. The Bertz CT molecular complexity index is 676. The van der Waals surface area contributed by atoms with Gasteiger partial charge in [-0.15, -0.1) is 0 Å². The molecule has 0 aliphatic carbocycles. The first kappa shape index (κ1) is 18.3. The SMILES string of the molecule is CC(C(=O)O)P(=O)(O)c1ccccc1.Nc1nc(N)nc(N)n1. The molecule has 11 heteroatoms. The number of benzene rings is 1. The fraction of sp³-hybridized carbons (Fsp3) is 0.167. The van der Waals surface area contributed by atoms with Crippen molar-refractivity contribution in [1.82, 2.24) is 15.0 Å². The number of aliphatic carboxylic acids is 1. The van der Waals surface area contributed by atoms with Gasteiger partial charge in [-0.25, -0.2) is 0 Å². The summed E-state index contributed by atoms with van der Waals surface area (Å²) in [6, 6.07) is 7.83. The Morgan fingerprint density at radius 2 is 1.43 bits per heavy atom. The van der Waals surface area contributed by atoms with Crippen LogP contribution in [0.15, 0.2) is 30.3 Å². The van der Waals surface area contributed by atoms with E-state index < -0.39 is 19.0 Å². The molecule has 0 saturated heterocycles. The van der Waals surface area contributed by atoms with Gasteiger partial charge in [-0.2, -0.15) is 15.0 Å². The molecule has 10 nitrogen and oxygen atoms in total. The highest BCUT2D eigenvalue weighted by Gasteiger charge is 2.34. The molecule has 0 bridgehead atoms. The summed E-state index contributed by atoms with van der Waals surface area (Å²) in [6.45, 7) is 1.23. The van der Waals surface area contributed by atoms with E-state index in [0.29, 0.717) is 0 Å². The summed E-state index contributed by atoms with van der Waals surface area (Å²) >= 11 is 0. The molecule has 2 aromatic rings. The van der Waals surface area contributed by atoms with Gasteiger partial charge in [0.25, 0.3) is 0 Å². The van der Waals surface area contributed by atoms with E-state index in [4.69, 9.17) is 22.3 Å². The van der Waals surface area contributed by atoms with E-state index in [-0.39, 0.29) is 23.1 Å². The average Bonchev–Trinajstić information content (AvgIpc) is 2.46. The van der Waals surface area contributed by atoms with E-state index in [1.165, 1.54) is 19.1 Å². The van der Waals surface area contributed by atoms with Crippen LogP contribution in [0.1, 0.15) is 6.92 Å². The van der Waals surface area contributed by atoms with Crippen LogP contribution in [0.25, 0.3) is 0 Å². The first-order valence-corrected chi connectivity index (χ1v) is 8.01. The summed E-state index contributed by atoms with van der Waals surface area (Å²) < 4.78 is 11.7. The lowest BCUT2D eigenvalue weighted by Gasteiger charge is -2.15. The van der Waals surface area contributed by atoms with Gasteiger partial charge in [-0.05, 0) is 19.1 Å². The van der Waals surface area contributed by atoms with Gasteiger partial charge in [0.15, 0.2) is 0 Å². The number of carbonyl (C=O) groups is 1. The Labute approximate surface area is 131 Å². The summed E-state index contributed by atoms with van der Waals surface area (Å²) in [5, 5.41) is 8.82. The quantitative estimate of drug-likeness (QED) is 0.462. The second-order valence-electron chi connectivity index (χ2n) is 4.38. The predicted molar refractivity (Wildman–Crippen MR) is 86.1 cm³/mol. The van der Waals surface area contributed by atoms with E-state index in [9.17, 15) is 14.3 Å². The molecule has 0 aliphatic rings. The van der Waals surface area contributed by atoms with Crippen LogP contribution < -0.4 is 22.5 Å². The maximum Gasteiger partial charge on any atom is 0.316 e. The normalized spacial score (nSPS) is 14.0. The molecule has 124 valence electrons. The highest BCUT2D eigenvalue weighted by atomic mass is 31.2. The summed E-state index contributed by atoms with van der Waals surface area (Å²) in [7, 11) is -3.79. The number of rotatable bonds is 3. The molecular weight excluding hydrogens is 323 g/mol. The van der Waals surface area contributed by atoms with Crippen LogP contribution in [0.2, 0.25) is 0 Å². The molecule has 1 aromatic heterocycles. The van der Waals surface area contributed by atoms with Gasteiger partial charge in [-0.3, -0.25) is 9.36 Å². The standard InChI is InChI=1S/C9H11O4P.C3H6N6/c1-7(9(10)11)14(12,13)8-5-3-2-4-6-8;4-1-7-2(5)9-3(6)8-1/h2-7H,1H3,(H,10,11)(H,12,13);(H6,4,5,6,7,8,9). The molecule has 2 atom stereocenters. The molecule has 0 spiro atoms. The summed E-state index contributed by atoms with van der Waals surface area (Å²) in [4.78, 5) is 30.6. The van der Waals surface area contributed by atoms with Crippen LogP contribution in [-0.4, -0.2) is 36.6 Å². The second-order valence-corrected chi connectivity index (χ2v) is 6.92. The molecular formula is C12H17N6O4P. The summed E-state index contributed by atoms with van der Waals surface area (Å²) in [5.41, 5.74) is 14.1. The van der Waals surface area contributed by atoms with E-state index in [1.54, 1.807) is 18.2 Å². The topological polar surface area (TPSA) is 191 Å². The molecule has 23 heavy (non-hydrogen) atoms. The maximum absolute atomic E-state index is 11.7. The van der Waals surface area contributed by atoms with Crippen LogP contribution in [-0.2, 0) is 9.36 Å². The number of hydrogen-bond acceptors (Lipinski definition) is 8. The molecule has 0 amide bonds. The Kier molecular flexibility index (Phi) is 6.00. The molecule has 2 rings (SSSR count). The smallest absolute Gasteiger partial charge is 0.316 e. The van der Waals surface area contributed by atoms with Crippen molar-refractivity contribution < 1.29 is 19.4 Å². The Morgan fingerprint density at radius 1 is 1.04 bits per heavy atom. The fourth-order valence-electron chi connectivity index (χ4n) is 1.44. The minimum Gasteiger partial charge on any atom is -0.481 e. The number of aromatic nitrogens is 3. The minimum atomic E-state index is -3.79. The van der Waals surface area contributed by atoms with Crippen LogP contribution in [0, 0.1) is 0 Å². The fourth-order valence-corrected chi connectivity index (χ4v) is 2.79. The van der Waals surface area contributed by atoms with Crippen molar-refractivity contribution in [2.75, 3.05) is 17.2 Å². The molecule has 0 radical (unpaired) electrons. The van der Waals surface area contributed by atoms with Gasteiger partial charge in [0.05, 0.1) is 0 Å². The zero-order valence-electron chi connectivity index (χ0n) is 12.2. The Morgan fingerprint density at radius 3 is 1.78 bits per heavy atom. The van der Waals surface area contributed by atoms with Gasteiger partial charge >= 0.3 is 5.97 Å². The predicted octanol–water partition coefficient (Wildman–Crippen LogP) is -0.326. The lowest BCUT2D eigenvalue weighted by Crippen LogP contribution is -2.22. The number of nitrogen functional groups attached to an aromatic ring is 3. The molecule has 0 aliphatic heterocycles. The van der Waals surface area contributed by atoms with Crippen molar-refractivity contribution in [3.05, 3.63) is 30.3 Å². The highest BCUT2D eigenvalue weighted by Crippen LogP contribution is 2.44. The monoisotopic (exact) mass is 340 g/mol. The zero-order chi connectivity index (χ0) is 17.6. The molecule has 8 N–H and O–H groups in total. The molecule has 0 fully saturated rings. The van der Waals surface area contributed by atoms with Crippen LogP contribution in [0.4, 0.5) is 17.8 Å². The van der Waals surface area contributed by atoms with Crippen molar-refractivity contribution in [3.8, 4) is 0 Å². The first-order chi connectivity index (χ1) is 10.6. The summed E-state index contributed by atoms with van der Waals surface area (Å²) in [5.74, 6) is -1.14. The van der Waals surface area contributed by atoms with Gasteiger partial charge in [0.2, 0.25) is 25.2 Å². The molecule has 0 saturated carbocycles. The second kappa shape index (κ2) is 7.52. The first-order valence-electron chi connectivity index (χ1n) is 6.28.